The quantitative estimate of drug-likeness (QED) is 0.0683. The summed E-state index contributed by atoms with van der Waals surface area (Å²) in [6.07, 6.45) is 32.7. The first-order chi connectivity index (χ1) is 22.4. The second kappa shape index (κ2) is 35.1. The molecular weight excluding hydrogens is 591 g/mol. The molecule has 3 amide bonds. The van der Waals surface area contributed by atoms with Crippen molar-refractivity contribution in [2.75, 3.05) is 44.2 Å². The number of carbonyl (C=O) groups excluding carboxylic acids is 3. The molecular formula is C39H77N3O3S. The first-order valence-corrected chi connectivity index (χ1v) is 20.9. The Morgan fingerprint density at radius 2 is 0.870 bits per heavy atom. The van der Waals surface area contributed by atoms with Crippen molar-refractivity contribution in [1.82, 2.24) is 15.1 Å². The highest BCUT2D eigenvalue weighted by Gasteiger charge is 2.14. The first-order valence-electron chi connectivity index (χ1n) is 19.8. The number of hydrogen-bond donors (Lipinski definition) is 1. The minimum absolute atomic E-state index is 0.0259. The van der Waals surface area contributed by atoms with Gasteiger partial charge in [-0.15, -0.1) is 0 Å². The number of rotatable bonds is 35. The van der Waals surface area contributed by atoms with Crippen LogP contribution in [0.5, 0.6) is 0 Å². The molecule has 0 saturated carbocycles. The lowest BCUT2D eigenvalue weighted by Gasteiger charge is -2.23. The summed E-state index contributed by atoms with van der Waals surface area (Å²) in [7, 11) is 0. The van der Waals surface area contributed by atoms with Crippen LogP contribution in [0.3, 0.4) is 0 Å². The molecule has 0 aromatic heterocycles. The number of thioether (sulfide) groups is 1. The molecule has 46 heavy (non-hydrogen) atoms. The average Bonchev–Trinajstić information content (AvgIpc) is 3.03. The van der Waals surface area contributed by atoms with Gasteiger partial charge in [0.1, 0.15) is 0 Å². The molecule has 1 N–H and O–H groups in total. The van der Waals surface area contributed by atoms with Crippen molar-refractivity contribution >= 4 is 29.5 Å². The van der Waals surface area contributed by atoms with Crippen molar-refractivity contribution in [3.8, 4) is 0 Å². The molecule has 0 aliphatic heterocycles. The van der Waals surface area contributed by atoms with Gasteiger partial charge in [0.05, 0.1) is 0 Å². The number of carbonyl (C=O) groups is 3. The van der Waals surface area contributed by atoms with Gasteiger partial charge in [-0.2, -0.15) is 11.8 Å². The molecule has 0 unspecified atom stereocenters. The van der Waals surface area contributed by atoms with Gasteiger partial charge in [-0.05, 0) is 12.8 Å². The summed E-state index contributed by atoms with van der Waals surface area (Å²) in [5.74, 6) is 1.85. The van der Waals surface area contributed by atoms with Gasteiger partial charge in [0.15, 0.2) is 0 Å². The van der Waals surface area contributed by atoms with E-state index in [1.165, 1.54) is 148 Å². The van der Waals surface area contributed by atoms with E-state index < -0.39 is 0 Å². The maximum absolute atomic E-state index is 13.2. The lowest BCUT2D eigenvalue weighted by Crippen LogP contribution is -2.38. The fraction of sp³-hybridized carbons (Fsp3) is 0.923. The van der Waals surface area contributed by atoms with Crippen LogP contribution in [0.4, 0.5) is 0 Å². The molecule has 7 heteroatoms. The molecule has 0 bridgehead atoms. The Kier molecular flexibility index (Phi) is 34.1. The molecule has 0 aromatic rings. The van der Waals surface area contributed by atoms with Crippen molar-refractivity contribution in [1.29, 1.82) is 0 Å². The van der Waals surface area contributed by atoms with Gasteiger partial charge in [-0.25, -0.2) is 0 Å². The Labute approximate surface area is 290 Å². The van der Waals surface area contributed by atoms with Crippen LogP contribution >= 0.6 is 11.8 Å². The Hall–Kier alpha value is -1.24. The minimum atomic E-state index is -0.0760. The Bertz CT molecular complexity index is 678. The van der Waals surface area contributed by atoms with Crippen LogP contribution in [0.25, 0.3) is 0 Å². The van der Waals surface area contributed by atoms with E-state index in [1.54, 1.807) is 23.6 Å². The fourth-order valence-corrected chi connectivity index (χ4v) is 6.91. The predicted octanol–water partition coefficient (Wildman–Crippen LogP) is 10.3. The lowest BCUT2D eigenvalue weighted by atomic mass is 10.0. The molecule has 0 aliphatic carbocycles. The van der Waals surface area contributed by atoms with E-state index in [1.807, 2.05) is 0 Å². The number of nitrogens with zero attached hydrogens (tertiary/aromatic N) is 2. The van der Waals surface area contributed by atoms with Crippen LogP contribution in [0, 0.1) is 0 Å². The zero-order valence-electron chi connectivity index (χ0n) is 31.2. The molecule has 0 aromatic carbocycles. The number of unbranched alkanes of at least 4 members (excludes halogenated alkanes) is 22. The Morgan fingerprint density at radius 1 is 0.478 bits per heavy atom. The van der Waals surface area contributed by atoms with Crippen LogP contribution in [0.2, 0.25) is 0 Å². The molecule has 0 atom stereocenters. The van der Waals surface area contributed by atoms with Gasteiger partial charge < -0.3 is 15.1 Å². The summed E-state index contributed by atoms with van der Waals surface area (Å²) in [6, 6.07) is 0. The molecule has 0 fully saturated rings. The third-order valence-electron chi connectivity index (χ3n) is 9.08. The number of nitrogens with one attached hydrogen (secondary N) is 1. The third kappa shape index (κ3) is 31.4. The SMILES string of the molecule is CCCCCCCCCCCCCCN(CCCCCCCCCCCCCC)C(=O)CCSCCN(CCNC(C)=O)C(C)=O. The monoisotopic (exact) mass is 668 g/mol. The molecule has 0 spiro atoms. The second-order valence-electron chi connectivity index (χ2n) is 13.5. The summed E-state index contributed by atoms with van der Waals surface area (Å²) in [5, 5.41) is 2.76. The van der Waals surface area contributed by atoms with E-state index in [0.29, 0.717) is 32.0 Å². The minimum Gasteiger partial charge on any atom is -0.355 e. The van der Waals surface area contributed by atoms with E-state index in [9.17, 15) is 14.4 Å². The highest BCUT2D eigenvalue weighted by atomic mass is 32.2. The molecule has 6 nitrogen and oxygen atoms in total. The molecule has 0 aliphatic rings. The van der Waals surface area contributed by atoms with E-state index >= 15 is 0 Å². The van der Waals surface area contributed by atoms with Crippen molar-refractivity contribution < 1.29 is 14.4 Å². The zero-order chi connectivity index (χ0) is 33.9. The third-order valence-corrected chi connectivity index (χ3v) is 10.0. The van der Waals surface area contributed by atoms with Gasteiger partial charge in [-0.1, -0.05) is 155 Å². The molecule has 0 rings (SSSR count). The van der Waals surface area contributed by atoms with Crippen molar-refractivity contribution in [2.45, 2.75) is 188 Å². The average molecular weight is 668 g/mol. The lowest BCUT2D eigenvalue weighted by molar-refractivity contribution is -0.131. The van der Waals surface area contributed by atoms with Gasteiger partial charge in [0.2, 0.25) is 17.7 Å². The van der Waals surface area contributed by atoms with Gasteiger partial charge in [-0.3, -0.25) is 14.4 Å². The predicted molar refractivity (Wildman–Crippen MR) is 202 cm³/mol. The van der Waals surface area contributed by atoms with E-state index in [4.69, 9.17) is 0 Å². The maximum Gasteiger partial charge on any atom is 0.223 e. The zero-order valence-corrected chi connectivity index (χ0v) is 32.0. The molecule has 0 heterocycles. The Balaban J connectivity index is 4.32. The topological polar surface area (TPSA) is 69.7 Å². The summed E-state index contributed by atoms with van der Waals surface area (Å²) >= 11 is 1.75. The smallest absolute Gasteiger partial charge is 0.223 e. The van der Waals surface area contributed by atoms with Crippen molar-refractivity contribution in [2.24, 2.45) is 0 Å². The van der Waals surface area contributed by atoms with Gasteiger partial charge >= 0.3 is 0 Å². The van der Waals surface area contributed by atoms with Gasteiger partial charge in [0, 0.05) is 64.5 Å². The number of hydrogen-bond acceptors (Lipinski definition) is 4. The fourth-order valence-electron chi connectivity index (χ4n) is 6.04. The summed E-state index contributed by atoms with van der Waals surface area (Å²) in [6.45, 7) is 11.1. The first kappa shape index (κ1) is 44.8. The van der Waals surface area contributed by atoms with Crippen LogP contribution in [0.15, 0.2) is 0 Å². The molecule has 0 saturated heterocycles. The van der Waals surface area contributed by atoms with E-state index in [2.05, 4.69) is 24.1 Å². The molecule has 272 valence electrons. The van der Waals surface area contributed by atoms with Crippen LogP contribution in [-0.2, 0) is 14.4 Å². The highest BCUT2D eigenvalue weighted by Crippen LogP contribution is 2.15. The van der Waals surface area contributed by atoms with E-state index in [-0.39, 0.29) is 11.8 Å². The van der Waals surface area contributed by atoms with Gasteiger partial charge in [0.25, 0.3) is 0 Å². The largest absolute Gasteiger partial charge is 0.355 e. The second-order valence-corrected chi connectivity index (χ2v) is 14.7. The highest BCUT2D eigenvalue weighted by molar-refractivity contribution is 7.99. The summed E-state index contributed by atoms with van der Waals surface area (Å²) < 4.78 is 0. The summed E-state index contributed by atoms with van der Waals surface area (Å²) in [5.41, 5.74) is 0. The van der Waals surface area contributed by atoms with Crippen LogP contribution in [-0.4, -0.2) is 71.8 Å². The normalized spacial score (nSPS) is 11.1. The van der Waals surface area contributed by atoms with Crippen molar-refractivity contribution in [3.05, 3.63) is 0 Å². The standard InChI is InChI=1S/C39H77N3O3S/c1-5-7-9-11-13-15-17-19-21-23-25-27-31-42(32-28-26-24-22-20-18-16-14-12-10-8-6-2)39(45)29-35-46-36-34-41(38(4)44)33-30-40-37(3)43/h5-36H2,1-4H3,(H,40,43). The Morgan fingerprint density at radius 3 is 1.24 bits per heavy atom. The van der Waals surface area contributed by atoms with Crippen molar-refractivity contribution in [3.63, 3.8) is 0 Å². The summed E-state index contributed by atoms with van der Waals surface area (Å²) in [4.78, 5) is 40.2. The van der Waals surface area contributed by atoms with E-state index in [0.717, 1.165) is 37.4 Å². The van der Waals surface area contributed by atoms with Crippen LogP contribution < -0.4 is 5.32 Å². The number of amides is 3. The van der Waals surface area contributed by atoms with Crippen LogP contribution in [0.1, 0.15) is 188 Å². The maximum atomic E-state index is 13.2. The molecule has 0 radical (unpaired) electrons.